The summed E-state index contributed by atoms with van der Waals surface area (Å²) in [6.45, 7) is 0. The predicted octanol–water partition coefficient (Wildman–Crippen LogP) is 1.60. The van der Waals surface area contributed by atoms with Gasteiger partial charge in [-0.2, -0.15) is 0 Å². The number of piperidine rings is 2. The first-order chi connectivity index (χ1) is 9.63. The van der Waals surface area contributed by atoms with Gasteiger partial charge >= 0.3 is 5.97 Å². The van der Waals surface area contributed by atoms with Crippen molar-refractivity contribution in [1.29, 1.82) is 0 Å². The molecule has 1 aromatic heterocycles. The number of hydrogen-bond donors (Lipinski definition) is 2. The van der Waals surface area contributed by atoms with E-state index < -0.39 is 5.97 Å². The highest BCUT2D eigenvalue weighted by Crippen LogP contribution is 2.33. The number of anilines is 1. The third kappa shape index (κ3) is 2.60. The number of rotatable bonds is 3. The smallest absolute Gasteiger partial charge is 0.354 e. The van der Waals surface area contributed by atoms with Crippen molar-refractivity contribution in [3.63, 3.8) is 0 Å². The fraction of sp³-hybridized carbons (Fsp3) is 0.643. The Morgan fingerprint density at radius 2 is 2.10 bits per heavy atom. The van der Waals surface area contributed by atoms with Crippen LogP contribution in [0.3, 0.4) is 0 Å². The number of aromatic carboxylic acids is 1. The highest BCUT2D eigenvalue weighted by Gasteiger charge is 2.36. The van der Waals surface area contributed by atoms with Gasteiger partial charge in [0.25, 0.3) is 0 Å². The van der Waals surface area contributed by atoms with E-state index in [1.165, 1.54) is 31.5 Å². The molecule has 6 nitrogen and oxygen atoms in total. The van der Waals surface area contributed by atoms with Crippen LogP contribution in [0.1, 0.15) is 42.6 Å². The van der Waals surface area contributed by atoms with Gasteiger partial charge in [0.05, 0.1) is 0 Å². The summed E-state index contributed by atoms with van der Waals surface area (Å²) in [7, 11) is 2.21. The molecule has 0 aliphatic carbocycles. The van der Waals surface area contributed by atoms with Crippen LogP contribution in [-0.2, 0) is 0 Å². The molecular formula is C14H20N4O2. The summed E-state index contributed by atoms with van der Waals surface area (Å²) < 4.78 is 0. The first-order valence-electron chi connectivity index (χ1n) is 7.18. The molecule has 2 bridgehead atoms. The highest BCUT2D eigenvalue weighted by molar-refractivity contribution is 5.85. The van der Waals surface area contributed by atoms with Crippen LogP contribution in [0.25, 0.3) is 0 Å². The molecule has 0 amide bonds. The van der Waals surface area contributed by atoms with E-state index in [1.807, 2.05) is 0 Å². The Kier molecular flexibility index (Phi) is 3.56. The molecule has 1 aromatic rings. The average Bonchev–Trinajstić information content (AvgIpc) is 2.40. The minimum Gasteiger partial charge on any atom is -0.477 e. The maximum absolute atomic E-state index is 10.9. The van der Waals surface area contributed by atoms with E-state index in [1.54, 1.807) is 0 Å². The molecule has 2 saturated heterocycles. The Morgan fingerprint density at radius 1 is 1.40 bits per heavy atom. The maximum atomic E-state index is 10.9. The van der Waals surface area contributed by atoms with Gasteiger partial charge in [0.15, 0.2) is 5.69 Å². The molecule has 20 heavy (non-hydrogen) atoms. The molecule has 3 rings (SSSR count). The zero-order chi connectivity index (χ0) is 14.1. The van der Waals surface area contributed by atoms with Gasteiger partial charge in [0.1, 0.15) is 0 Å². The average molecular weight is 276 g/mol. The fourth-order valence-corrected chi connectivity index (χ4v) is 3.46. The number of nitrogens with one attached hydrogen (secondary N) is 1. The molecule has 2 fully saturated rings. The summed E-state index contributed by atoms with van der Waals surface area (Å²) in [5.74, 6) is -0.590. The Morgan fingerprint density at radius 3 is 2.75 bits per heavy atom. The van der Waals surface area contributed by atoms with Crippen molar-refractivity contribution in [2.75, 3.05) is 12.4 Å². The van der Waals surface area contributed by atoms with Crippen molar-refractivity contribution in [1.82, 2.24) is 14.9 Å². The lowest BCUT2D eigenvalue weighted by Gasteiger charge is -2.47. The molecule has 0 aromatic carbocycles. The number of aromatic nitrogens is 2. The summed E-state index contributed by atoms with van der Waals surface area (Å²) in [6.07, 6.45) is 7.47. The first-order valence-corrected chi connectivity index (χ1v) is 7.18. The standard InChI is InChI=1S/C14H20N4O2/c1-18-10-3-2-4-11(18)8-9(7-10)16-14-15-6-5-12(17-14)13(19)20/h5-6,9-11H,2-4,7-8H2,1H3,(H,19,20)(H,15,16,17). The molecule has 0 spiro atoms. The third-order valence-electron chi connectivity index (χ3n) is 4.55. The summed E-state index contributed by atoms with van der Waals surface area (Å²) in [6, 6.07) is 3.01. The maximum Gasteiger partial charge on any atom is 0.354 e. The van der Waals surface area contributed by atoms with Crippen molar-refractivity contribution in [2.24, 2.45) is 0 Å². The molecule has 0 saturated carbocycles. The minimum absolute atomic E-state index is 0.0376. The molecule has 2 atom stereocenters. The largest absolute Gasteiger partial charge is 0.477 e. The number of carbonyl (C=O) groups is 1. The highest BCUT2D eigenvalue weighted by atomic mass is 16.4. The van der Waals surface area contributed by atoms with Gasteiger partial charge in [0.2, 0.25) is 5.95 Å². The molecule has 2 unspecified atom stereocenters. The van der Waals surface area contributed by atoms with Gasteiger partial charge in [-0.25, -0.2) is 14.8 Å². The van der Waals surface area contributed by atoms with E-state index in [0.717, 1.165) is 12.8 Å². The zero-order valence-corrected chi connectivity index (χ0v) is 11.6. The summed E-state index contributed by atoms with van der Waals surface area (Å²) in [5, 5.41) is 12.3. The van der Waals surface area contributed by atoms with Crippen LogP contribution in [0.5, 0.6) is 0 Å². The lowest BCUT2D eigenvalue weighted by molar-refractivity contribution is 0.0606. The van der Waals surface area contributed by atoms with Gasteiger partial charge in [0, 0.05) is 24.3 Å². The molecule has 3 heterocycles. The summed E-state index contributed by atoms with van der Waals surface area (Å²) >= 11 is 0. The van der Waals surface area contributed by atoms with E-state index in [-0.39, 0.29) is 5.69 Å². The molecular weight excluding hydrogens is 256 g/mol. The number of nitrogens with zero attached hydrogens (tertiary/aromatic N) is 3. The Hall–Kier alpha value is -1.69. The van der Waals surface area contributed by atoms with Gasteiger partial charge in [-0.1, -0.05) is 6.42 Å². The lowest BCUT2D eigenvalue weighted by atomic mass is 9.82. The Labute approximate surface area is 118 Å². The van der Waals surface area contributed by atoms with Crippen molar-refractivity contribution < 1.29 is 9.90 Å². The Bertz CT molecular complexity index is 494. The van der Waals surface area contributed by atoms with Crippen LogP contribution in [0.4, 0.5) is 5.95 Å². The quantitative estimate of drug-likeness (QED) is 0.873. The van der Waals surface area contributed by atoms with Crippen molar-refractivity contribution in [3.05, 3.63) is 18.0 Å². The SMILES string of the molecule is CN1C2CCCC1CC(Nc1nccc(C(=O)O)n1)C2. The lowest BCUT2D eigenvalue weighted by Crippen LogP contribution is -2.52. The van der Waals surface area contributed by atoms with Gasteiger partial charge in [-0.3, -0.25) is 0 Å². The predicted molar refractivity (Wildman–Crippen MR) is 74.8 cm³/mol. The number of hydrogen-bond acceptors (Lipinski definition) is 5. The van der Waals surface area contributed by atoms with Crippen LogP contribution >= 0.6 is 0 Å². The van der Waals surface area contributed by atoms with E-state index in [0.29, 0.717) is 24.1 Å². The minimum atomic E-state index is -1.02. The van der Waals surface area contributed by atoms with Crippen molar-refractivity contribution in [3.8, 4) is 0 Å². The van der Waals surface area contributed by atoms with Crippen LogP contribution in [0, 0.1) is 0 Å². The molecule has 2 N–H and O–H groups in total. The van der Waals surface area contributed by atoms with Crippen molar-refractivity contribution in [2.45, 2.75) is 50.2 Å². The van der Waals surface area contributed by atoms with Gasteiger partial charge in [-0.05, 0) is 38.8 Å². The van der Waals surface area contributed by atoms with Gasteiger partial charge < -0.3 is 15.3 Å². The van der Waals surface area contributed by atoms with E-state index >= 15 is 0 Å². The fourth-order valence-electron chi connectivity index (χ4n) is 3.46. The summed E-state index contributed by atoms with van der Waals surface area (Å²) in [5.41, 5.74) is 0.0376. The third-order valence-corrected chi connectivity index (χ3v) is 4.55. The van der Waals surface area contributed by atoms with Crippen LogP contribution in [0.2, 0.25) is 0 Å². The number of fused-ring (bicyclic) bond motifs is 2. The number of carboxylic acid groups (broad SMARTS) is 1. The van der Waals surface area contributed by atoms with Gasteiger partial charge in [-0.15, -0.1) is 0 Å². The van der Waals surface area contributed by atoms with Crippen molar-refractivity contribution >= 4 is 11.9 Å². The van der Waals surface area contributed by atoms with E-state index in [9.17, 15) is 4.79 Å². The molecule has 2 aliphatic rings. The summed E-state index contributed by atoms with van der Waals surface area (Å²) in [4.78, 5) is 21.6. The zero-order valence-electron chi connectivity index (χ0n) is 11.6. The second-order valence-electron chi connectivity index (χ2n) is 5.79. The van der Waals surface area contributed by atoms with Crippen LogP contribution < -0.4 is 5.32 Å². The van der Waals surface area contributed by atoms with Crippen LogP contribution in [-0.4, -0.2) is 51.1 Å². The molecule has 6 heteroatoms. The first kappa shape index (κ1) is 13.3. The number of carboxylic acids is 1. The Balaban J connectivity index is 1.69. The second kappa shape index (κ2) is 5.36. The second-order valence-corrected chi connectivity index (χ2v) is 5.79. The van der Waals surface area contributed by atoms with E-state index in [2.05, 4.69) is 27.2 Å². The molecule has 0 radical (unpaired) electrons. The molecule has 108 valence electrons. The van der Waals surface area contributed by atoms with Crippen LogP contribution in [0.15, 0.2) is 12.3 Å². The normalized spacial score (nSPS) is 29.9. The van der Waals surface area contributed by atoms with E-state index in [4.69, 9.17) is 5.11 Å². The molecule has 2 aliphatic heterocycles. The topological polar surface area (TPSA) is 78.4 Å². The monoisotopic (exact) mass is 276 g/mol.